The molecule has 1 aliphatic heterocycles. The third-order valence-corrected chi connectivity index (χ3v) is 3.69. The number of nitrogens with one attached hydrogen (secondary N) is 1. The van der Waals surface area contributed by atoms with Crippen LogP contribution in [0.15, 0.2) is 18.2 Å². The third kappa shape index (κ3) is 3.38. The minimum absolute atomic E-state index is 0.435. The van der Waals surface area contributed by atoms with E-state index in [4.69, 9.17) is 11.5 Å². The summed E-state index contributed by atoms with van der Waals surface area (Å²) in [5, 5.41) is 3.31. The number of likely N-dealkylation sites (tertiary alicyclic amines) is 1. The second-order valence-electron chi connectivity index (χ2n) is 5.14. The fourth-order valence-corrected chi connectivity index (χ4v) is 2.43. The van der Waals surface area contributed by atoms with Gasteiger partial charge in [0.1, 0.15) is 0 Å². The highest BCUT2D eigenvalue weighted by molar-refractivity contribution is 5.94. The van der Waals surface area contributed by atoms with Gasteiger partial charge < -0.3 is 16.8 Å². The Bertz CT molecular complexity index is 455. The van der Waals surface area contributed by atoms with E-state index in [0.29, 0.717) is 17.3 Å². The first kappa shape index (κ1) is 13.7. The summed E-state index contributed by atoms with van der Waals surface area (Å²) >= 11 is 0. The van der Waals surface area contributed by atoms with E-state index in [1.54, 1.807) is 18.2 Å². The largest absolute Gasteiger partial charge is 0.397 e. The maximum atomic E-state index is 11.2. The van der Waals surface area contributed by atoms with Crippen LogP contribution < -0.4 is 16.8 Å². The Morgan fingerprint density at radius 1 is 1.42 bits per heavy atom. The summed E-state index contributed by atoms with van der Waals surface area (Å²) in [4.78, 5) is 13.6. The molecule has 1 atom stereocenters. The minimum Gasteiger partial charge on any atom is -0.397 e. The zero-order valence-electron chi connectivity index (χ0n) is 11.4. The van der Waals surface area contributed by atoms with Crippen LogP contribution in [0.4, 0.5) is 11.4 Å². The zero-order valence-corrected chi connectivity index (χ0v) is 11.4. The number of carbonyl (C=O) groups excluding carboxylic acids is 1. The zero-order chi connectivity index (χ0) is 13.8. The molecule has 2 rings (SSSR count). The highest BCUT2D eigenvalue weighted by atomic mass is 16.1. The van der Waals surface area contributed by atoms with Crippen molar-refractivity contribution < 1.29 is 4.79 Å². The first-order valence-corrected chi connectivity index (χ1v) is 6.75. The van der Waals surface area contributed by atoms with Gasteiger partial charge in [0.15, 0.2) is 0 Å². The number of anilines is 2. The maximum Gasteiger partial charge on any atom is 0.248 e. The van der Waals surface area contributed by atoms with Crippen molar-refractivity contribution in [3.63, 3.8) is 0 Å². The van der Waals surface area contributed by atoms with Crippen LogP contribution in [0.2, 0.25) is 0 Å². The molecule has 1 saturated heterocycles. The third-order valence-electron chi connectivity index (χ3n) is 3.69. The van der Waals surface area contributed by atoms with E-state index in [1.807, 2.05) is 0 Å². The van der Waals surface area contributed by atoms with Crippen molar-refractivity contribution in [1.29, 1.82) is 0 Å². The highest BCUT2D eigenvalue weighted by Crippen LogP contribution is 2.20. The Hall–Kier alpha value is -1.75. The molecule has 5 heteroatoms. The van der Waals surface area contributed by atoms with Gasteiger partial charge in [-0.15, -0.1) is 0 Å². The van der Waals surface area contributed by atoms with Gasteiger partial charge in [-0.05, 0) is 51.1 Å². The van der Waals surface area contributed by atoms with Gasteiger partial charge in [0.05, 0.1) is 11.4 Å². The summed E-state index contributed by atoms with van der Waals surface area (Å²) in [6.07, 6.45) is 2.56. The smallest absolute Gasteiger partial charge is 0.248 e. The number of nitrogens with two attached hydrogens (primary N) is 2. The predicted molar refractivity (Wildman–Crippen MR) is 78.1 cm³/mol. The van der Waals surface area contributed by atoms with E-state index < -0.39 is 5.91 Å². The molecule has 5 nitrogen and oxygen atoms in total. The fourth-order valence-electron chi connectivity index (χ4n) is 2.43. The van der Waals surface area contributed by atoms with Crippen molar-refractivity contribution in [3.8, 4) is 0 Å². The number of rotatable bonds is 5. The second kappa shape index (κ2) is 5.93. The van der Waals surface area contributed by atoms with Crippen molar-refractivity contribution in [1.82, 2.24) is 4.90 Å². The lowest BCUT2D eigenvalue weighted by molar-refractivity contribution is 0.100. The molecule has 0 bridgehead atoms. The minimum atomic E-state index is -0.435. The van der Waals surface area contributed by atoms with Crippen LogP contribution in [0.5, 0.6) is 0 Å². The number of amides is 1. The Kier molecular flexibility index (Phi) is 4.27. The summed E-state index contributed by atoms with van der Waals surface area (Å²) < 4.78 is 0. The SMILES string of the molecule is CC(CNc1cc(C(N)=O)ccc1N)N1CCCC1. The Morgan fingerprint density at radius 2 is 2.11 bits per heavy atom. The molecule has 1 unspecified atom stereocenters. The topological polar surface area (TPSA) is 84.4 Å². The van der Waals surface area contributed by atoms with Crippen molar-refractivity contribution in [2.45, 2.75) is 25.8 Å². The number of benzene rings is 1. The maximum absolute atomic E-state index is 11.2. The summed E-state index contributed by atoms with van der Waals surface area (Å²) in [7, 11) is 0. The Morgan fingerprint density at radius 3 is 2.74 bits per heavy atom. The lowest BCUT2D eigenvalue weighted by atomic mass is 10.1. The fraction of sp³-hybridized carbons (Fsp3) is 0.500. The first-order chi connectivity index (χ1) is 9.08. The Balaban J connectivity index is 1.98. The van der Waals surface area contributed by atoms with Crippen molar-refractivity contribution >= 4 is 17.3 Å². The van der Waals surface area contributed by atoms with Gasteiger partial charge >= 0.3 is 0 Å². The molecule has 19 heavy (non-hydrogen) atoms. The summed E-state index contributed by atoms with van der Waals surface area (Å²) in [6, 6.07) is 5.53. The molecule has 0 spiro atoms. The van der Waals surface area contributed by atoms with E-state index in [2.05, 4.69) is 17.1 Å². The number of hydrogen-bond acceptors (Lipinski definition) is 4. The molecule has 0 aromatic heterocycles. The highest BCUT2D eigenvalue weighted by Gasteiger charge is 2.17. The lowest BCUT2D eigenvalue weighted by Gasteiger charge is -2.24. The number of hydrogen-bond donors (Lipinski definition) is 3. The molecule has 1 aromatic rings. The molecule has 0 aliphatic carbocycles. The van der Waals surface area contributed by atoms with Crippen LogP contribution in [-0.2, 0) is 0 Å². The quantitative estimate of drug-likeness (QED) is 0.698. The molecule has 5 N–H and O–H groups in total. The van der Waals surface area contributed by atoms with Crippen molar-refractivity contribution in [2.75, 3.05) is 30.7 Å². The molecule has 1 fully saturated rings. The predicted octanol–water partition coefficient (Wildman–Crippen LogP) is 1.26. The van der Waals surface area contributed by atoms with Gasteiger partial charge in [0.25, 0.3) is 0 Å². The lowest BCUT2D eigenvalue weighted by Crippen LogP contribution is -2.35. The molecule has 1 heterocycles. The van der Waals surface area contributed by atoms with Gasteiger partial charge in [-0.25, -0.2) is 0 Å². The Labute approximate surface area is 113 Å². The van der Waals surface area contributed by atoms with Gasteiger partial charge in [0.2, 0.25) is 5.91 Å². The molecule has 1 aliphatic rings. The number of nitrogens with zero attached hydrogens (tertiary/aromatic N) is 1. The van der Waals surface area contributed by atoms with Crippen LogP contribution in [0.1, 0.15) is 30.1 Å². The monoisotopic (exact) mass is 262 g/mol. The van der Waals surface area contributed by atoms with Crippen molar-refractivity contribution in [2.24, 2.45) is 5.73 Å². The van der Waals surface area contributed by atoms with Gasteiger partial charge in [0, 0.05) is 18.2 Å². The van der Waals surface area contributed by atoms with Crippen LogP contribution >= 0.6 is 0 Å². The van der Waals surface area contributed by atoms with E-state index in [0.717, 1.165) is 12.2 Å². The molecule has 104 valence electrons. The van der Waals surface area contributed by atoms with Crippen LogP contribution in [0, 0.1) is 0 Å². The van der Waals surface area contributed by atoms with Crippen LogP contribution in [0.25, 0.3) is 0 Å². The van der Waals surface area contributed by atoms with Crippen LogP contribution in [0.3, 0.4) is 0 Å². The molecule has 0 radical (unpaired) electrons. The first-order valence-electron chi connectivity index (χ1n) is 6.75. The summed E-state index contributed by atoms with van der Waals surface area (Å²) in [5.41, 5.74) is 13.1. The van der Waals surface area contributed by atoms with E-state index in [1.165, 1.54) is 25.9 Å². The number of nitrogen functional groups attached to an aromatic ring is 1. The van der Waals surface area contributed by atoms with Gasteiger partial charge in [-0.2, -0.15) is 0 Å². The van der Waals surface area contributed by atoms with Gasteiger partial charge in [-0.1, -0.05) is 0 Å². The molecular weight excluding hydrogens is 240 g/mol. The van der Waals surface area contributed by atoms with E-state index >= 15 is 0 Å². The molecule has 1 amide bonds. The van der Waals surface area contributed by atoms with E-state index in [-0.39, 0.29) is 0 Å². The van der Waals surface area contributed by atoms with Crippen molar-refractivity contribution in [3.05, 3.63) is 23.8 Å². The average molecular weight is 262 g/mol. The van der Waals surface area contributed by atoms with E-state index in [9.17, 15) is 4.79 Å². The number of primary amides is 1. The second-order valence-corrected chi connectivity index (χ2v) is 5.14. The van der Waals surface area contributed by atoms with Gasteiger partial charge in [-0.3, -0.25) is 9.69 Å². The van der Waals surface area contributed by atoms with Crippen LogP contribution in [-0.4, -0.2) is 36.5 Å². The molecule has 0 saturated carbocycles. The summed E-state index contributed by atoms with van der Waals surface area (Å²) in [5.74, 6) is -0.435. The summed E-state index contributed by atoms with van der Waals surface area (Å²) in [6.45, 7) is 5.35. The average Bonchev–Trinajstić information content (AvgIpc) is 2.91. The normalized spacial score (nSPS) is 17.3. The number of carbonyl (C=O) groups is 1. The molecule has 1 aromatic carbocycles. The standard InChI is InChI=1S/C14H22N4O/c1-10(18-6-2-3-7-18)9-17-13-8-11(14(16)19)4-5-12(13)15/h4-5,8,10,17H,2-3,6-7,9,15H2,1H3,(H2,16,19). The molecular formula is C14H22N4O.